The molecule has 0 spiro atoms. The lowest BCUT2D eigenvalue weighted by Gasteiger charge is -2.12. The number of aromatic nitrogens is 5. The Bertz CT molecular complexity index is 886. The van der Waals surface area contributed by atoms with E-state index in [1.165, 1.54) is 0 Å². The van der Waals surface area contributed by atoms with E-state index in [0.29, 0.717) is 31.4 Å². The Morgan fingerprint density at radius 2 is 1.92 bits per heavy atom. The molecule has 0 saturated heterocycles. The van der Waals surface area contributed by atoms with Crippen molar-refractivity contribution in [2.45, 2.75) is 46.2 Å². The molecule has 0 aliphatic carbocycles. The first-order valence-corrected chi connectivity index (χ1v) is 8.75. The predicted molar refractivity (Wildman–Crippen MR) is 95.8 cm³/mol. The van der Waals surface area contributed by atoms with E-state index in [-0.39, 0.29) is 11.1 Å². The van der Waals surface area contributed by atoms with E-state index in [1.807, 2.05) is 37.3 Å². The van der Waals surface area contributed by atoms with Crippen LogP contribution in [-0.4, -0.2) is 31.2 Å². The van der Waals surface area contributed by atoms with Gasteiger partial charge in [-0.3, -0.25) is 9.36 Å². The van der Waals surface area contributed by atoms with Crippen molar-refractivity contribution < 1.29 is 4.74 Å². The first kappa shape index (κ1) is 17.1. The van der Waals surface area contributed by atoms with Gasteiger partial charge in [-0.15, -0.1) is 5.10 Å². The molecule has 0 unspecified atom stereocenters. The maximum absolute atomic E-state index is 12.8. The molecule has 0 saturated carbocycles. The fourth-order valence-corrected chi connectivity index (χ4v) is 2.60. The Kier molecular flexibility index (Phi) is 5.42. The van der Waals surface area contributed by atoms with Gasteiger partial charge >= 0.3 is 6.01 Å². The van der Waals surface area contributed by atoms with Crippen molar-refractivity contribution in [2.24, 2.45) is 0 Å². The zero-order valence-electron chi connectivity index (χ0n) is 14.7. The molecule has 7 heteroatoms. The van der Waals surface area contributed by atoms with Crippen LogP contribution in [-0.2, 0) is 13.1 Å². The van der Waals surface area contributed by atoms with E-state index in [0.717, 1.165) is 24.8 Å². The number of hydrogen-bond acceptors (Lipinski definition) is 5. The lowest BCUT2D eigenvalue weighted by atomic mass is 10.2. The highest BCUT2D eigenvalue weighted by atomic mass is 16.5. The van der Waals surface area contributed by atoms with E-state index < -0.39 is 0 Å². The Balaban J connectivity index is 2.04. The highest BCUT2D eigenvalue weighted by Crippen LogP contribution is 2.14. The van der Waals surface area contributed by atoms with Gasteiger partial charge in [0.1, 0.15) is 0 Å². The molecule has 2 aromatic heterocycles. The van der Waals surface area contributed by atoms with E-state index in [2.05, 4.69) is 22.2 Å². The Morgan fingerprint density at radius 3 is 2.64 bits per heavy atom. The molecule has 2 heterocycles. The van der Waals surface area contributed by atoms with Crippen LogP contribution >= 0.6 is 0 Å². The third-order valence-corrected chi connectivity index (χ3v) is 3.93. The van der Waals surface area contributed by atoms with Crippen molar-refractivity contribution in [3.05, 3.63) is 46.2 Å². The Labute approximate surface area is 146 Å². The van der Waals surface area contributed by atoms with Crippen LogP contribution in [0.1, 0.15) is 38.7 Å². The van der Waals surface area contributed by atoms with Crippen molar-refractivity contribution in [3.8, 4) is 6.01 Å². The Hall–Kier alpha value is -2.70. The molecular weight excluding hydrogens is 318 g/mol. The topological polar surface area (TPSA) is 74.8 Å². The minimum atomic E-state index is -0.191. The van der Waals surface area contributed by atoms with Gasteiger partial charge in [0.2, 0.25) is 0 Å². The first-order chi connectivity index (χ1) is 12.2. The molecule has 132 valence electrons. The largest absolute Gasteiger partial charge is 0.465 e. The van der Waals surface area contributed by atoms with E-state index in [1.54, 1.807) is 9.25 Å². The molecule has 0 radical (unpaired) electrons. The molecule has 3 rings (SSSR count). The van der Waals surface area contributed by atoms with Crippen LogP contribution in [0.25, 0.3) is 11.2 Å². The summed E-state index contributed by atoms with van der Waals surface area (Å²) in [5.74, 6) is 0. The molecular formula is C18H23N5O2. The van der Waals surface area contributed by atoms with Gasteiger partial charge in [0, 0.05) is 6.54 Å². The first-order valence-electron chi connectivity index (χ1n) is 8.75. The molecule has 0 N–H and O–H groups in total. The summed E-state index contributed by atoms with van der Waals surface area (Å²) in [6.07, 6.45) is 2.72. The predicted octanol–water partition coefficient (Wildman–Crippen LogP) is 2.63. The third-order valence-electron chi connectivity index (χ3n) is 3.93. The van der Waals surface area contributed by atoms with Crippen molar-refractivity contribution in [1.82, 2.24) is 24.5 Å². The number of fused-ring (bicyclic) bond motifs is 1. The van der Waals surface area contributed by atoms with Gasteiger partial charge in [-0.1, -0.05) is 55.8 Å². The van der Waals surface area contributed by atoms with Crippen LogP contribution in [0, 0.1) is 0 Å². The lowest BCUT2D eigenvalue weighted by Crippen LogP contribution is -2.24. The van der Waals surface area contributed by atoms with Crippen LogP contribution in [0.15, 0.2) is 35.1 Å². The fourth-order valence-electron chi connectivity index (χ4n) is 2.60. The Morgan fingerprint density at radius 1 is 1.12 bits per heavy atom. The van der Waals surface area contributed by atoms with Crippen LogP contribution in [0.4, 0.5) is 0 Å². The zero-order valence-corrected chi connectivity index (χ0v) is 14.7. The summed E-state index contributed by atoms with van der Waals surface area (Å²) in [6.45, 7) is 5.71. The van der Waals surface area contributed by atoms with E-state index >= 15 is 0 Å². The van der Waals surface area contributed by atoms with Crippen molar-refractivity contribution in [1.29, 1.82) is 0 Å². The van der Waals surface area contributed by atoms with Crippen LogP contribution in [0.2, 0.25) is 0 Å². The third kappa shape index (κ3) is 3.70. The van der Waals surface area contributed by atoms with Crippen LogP contribution in [0.3, 0.4) is 0 Å². The summed E-state index contributed by atoms with van der Waals surface area (Å²) in [5.41, 5.74) is 1.63. The van der Waals surface area contributed by atoms with Crippen molar-refractivity contribution >= 4 is 11.2 Å². The van der Waals surface area contributed by atoms with Crippen molar-refractivity contribution in [3.63, 3.8) is 0 Å². The van der Waals surface area contributed by atoms with Gasteiger partial charge in [0.25, 0.3) is 5.56 Å². The minimum Gasteiger partial charge on any atom is -0.465 e. The molecule has 7 nitrogen and oxygen atoms in total. The second-order valence-corrected chi connectivity index (χ2v) is 5.96. The summed E-state index contributed by atoms with van der Waals surface area (Å²) in [6, 6.07) is 10.3. The number of rotatable bonds is 8. The normalized spacial score (nSPS) is 11.1. The van der Waals surface area contributed by atoms with E-state index in [9.17, 15) is 4.79 Å². The standard InChI is InChI=1S/C18H23N5O2/c1-3-5-11-22-17(24)15-16(19-18(22)25-12-4-2)23(21-20-15)13-14-9-7-6-8-10-14/h6-10H,3-5,11-13H2,1-2H3. The summed E-state index contributed by atoms with van der Waals surface area (Å²) in [5, 5.41) is 8.20. The van der Waals surface area contributed by atoms with Crippen LogP contribution < -0.4 is 10.3 Å². The van der Waals surface area contributed by atoms with Crippen molar-refractivity contribution in [2.75, 3.05) is 6.61 Å². The van der Waals surface area contributed by atoms with Gasteiger partial charge < -0.3 is 4.74 Å². The van der Waals surface area contributed by atoms with Gasteiger partial charge in [0.05, 0.1) is 13.2 Å². The number of hydrogen-bond donors (Lipinski definition) is 0. The zero-order chi connectivity index (χ0) is 17.6. The summed E-state index contributed by atoms with van der Waals surface area (Å²) >= 11 is 0. The average molecular weight is 341 g/mol. The molecule has 3 aromatic rings. The number of ether oxygens (including phenoxy) is 1. The molecule has 0 atom stereocenters. The number of benzene rings is 1. The van der Waals surface area contributed by atoms with Crippen LogP contribution in [0.5, 0.6) is 6.01 Å². The maximum atomic E-state index is 12.8. The molecule has 0 fully saturated rings. The summed E-state index contributed by atoms with van der Waals surface area (Å²) < 4.78 is 8.95. The highest BCUT2D eigenvalue weighted by molar-refractivity contribution is 5.68. The second kappa shape index (κ2) is 7.92. The smallest absolute Gasteiger partial charge is 0.301 e. The molecule has 0 amide bonds. The lowest BCUT2D eigenvalue weighted by molar-refractivity contribution is 0.271. The monoisotopic (exact) mass is 341 g/mol. The summed E-state index contributed by atoms with van der Waals surface area (Å²) in [7, 11) is 0. The van der Waals surface area contributed by atoms with Gasteiger partial charge in [-0.05, 0) is 18.4 Å². The minimum absolute atomic E-state index is 0.191. The molecule has 1 aromatic carbocycles. The molecule has 25 heavy (non-hydrogen) atoms. The average Bonchev–Trinajstić information content (AvgIpc) is 3.03. The SMILES string of the molecule is CCCCn1c(OCCC)nc2c(nnn2Cc2ccccc2)c1=O. The van der Waals surface area contributed by atoms with Gasteiger partial charge in [-0.2, -0.15) is 4.98 Å². The molecule has 0 aliphatic rings. The quantitative estimate of drug-likeness (QED) is 0.629. The molecule has 0 aliphatic heterocycles. The molecule has 0 bridgehead atoms. The maximum Gasteiger partial charge on any atom is 0.301 e. The number of nitrogens with zero attached hydrogens (tertiary/aromatic N) is 5. The highest BCUT2D eigenvalue weighted by Gasteiger charge is 2.17. The van der Waals surface area contributed by atoms with Gasteiger partial charge in [0.15, 0.2) is 11.2 Å². The van der Waals surface area contributed by atoms with Gasteiger partial charge in [-0.25, -0.2) is 4.68 Å². The van der Waals surface area contributed by atoms with E-state index in [4.69, 9.17) is 4.74 Å². The fraction of sp³-hybridized carbons (Fsp3) is 0.444. The summed E-state index contributed by atoms with van der Waals surface area (Å²) in [4.78, 5) is 17.4. The second-order valence-electron chi connectivity index (χ2n) is 5.96. The number of unbranched alkanes of at least 4 members (excludes halogenated alkanes) is 1.